The SMILES string of the molecule is CC(C)NC(CCSc1cccc(F)c1)C(=O)O. The molecule has 18 heavy (non-hydrogen) atoms. The highest BCUT2D eigenvalue weighted by molar-refractivity contribution is 7.99. The van der Waals surface area contributed by atoms with Gasteiger partial charge in [-0.05, 0) is 24.6 Å². The molecule has 0 saturated carbocycles. The number of halogens is 1. The number of hydrogen-bond donors (Lipinski definition) is 2. The molecule has 0 fully saturated rings. The van der Waals surface area contributed by atoms with Gasteiger partial charge in [0.2, 0.25) is 0 Å². The molecule has 0 aliphatic rings. The summed E-state index contributed by atoms with van der Waals surface area (Å²) in [6.07, 6.45) is 0.509. The molecular weight excluding hydrogens is 253 g/mol. The van der Waals surface area contributed by atoms with Crippen LogP contribution in [0.25, 0.3) is 0 Å². The molecule has 0 heterocycles. The van der Waals surface area contributed by atoms with Crippen molar-refractivity contribution in [1.29, 1.82) is 0 Å². The molecule has 100 valence electrons. The molecule has 0 spiro atoms. The number of rotatable bonds is 7. The minimum Gasteiger partial charge on any atom is -0.480 e. The maximum Gasteiger partial charge on any atom is 0.320 e. The molecule has 0 saturated heterocycles. The van der Waals surface area contributed by atoms with Crippen molar-refractivity contribution < 1.29 is 14.3 Å². The van der Waals surface area contributed by atoms with Crippen LogP contribution in [0.2, 0.25) is 0 Å². The standard InChI is InChI=1S/C13H18FNO2S/c1-9(2)15-12(13(16)17)6-7-18-11-5-3-4-10(14)8-11/h3-5,8-9,12,15H,6-7H2,1-2H3,(H,16,17). The average Bonchev–Trinajstić information content (AvgIpc) is 2.27. The third kappa shape index (κ3) is 5.51. The Morgan fingerprint density at radius 2 is 2.22 bits per heavy atom. The van der Waals surface area contributed by atoms with Gasteiger partial charge >= 0.3 is 5.97 Å². The van der Waals surface area contributed by atoms with E-state index in [2.05, 4.69) is 5.32 Å². The Labute approximate surface area is 111 Å². The number of thioether (sulfide) groups is 1. The van der Waals surface area contributed by atoms with Crippen LogP contribution in [-0.4, -0.2) is 28.9 Å². The second-order valence-electron chi connectivity index (χ2n) is 4.31. The summed E-state index contributed by atoms with van der Waals surface area (Å²) in [5.74, 6) is -0.473. The van der Waals surface area contributed by atoms with Crippen molar-refractivity contribution in [3.05, 3.63) is 30.1 Å². The molecule has 0 aromatic heterocycles. The number of carbonyl (C=O) groups is 1. The highest BCUT2D eigenvalue weighted by Crippen LogP contribution is 2.20. The van der Waals surface area contributed by atoms with E-state index in [-0.39, 0.29) is 11.9 Å². The third-order valence-corrected chi connectivity index (χ3v) is 3.33. The van der Waals surface area contributed by atoms with Crippen molar-refractivity contribution in [3.8, 4) is 0 Å². The molecule has 0 bridgehead atoms. The first-order valence-corrected chi connectivity index (χ1v) is 6.85. The van der Waals surface area contributed by atoms with Crippen LogP contribution in [0.15, 0.2) is 29.2 Å². The molecule has 0 aliphatic carbocycles. The van der Waals surface area contributed by atoms with Crippen LogP contribution in [0.4, 0.5) is 4.39 Å². The van der Waals surface area contributed by atoms with Gasteiger partial charge in [0.25, 0.3) is 0 Å². The molecule has 1 atom stereocenters. The zero-order chi connectivity index (χ0) is 13.5. The average molecular weight is 271 g/mol. The number of benzene rings is 1. The second kappa shape index (κ2) is 7.38. The van der Waals surface area contributed by atoms with E-state index in [0.29, 0.717) is 12.2 Å². The van der Waals surface area contributed by atoms with Crippen LogP contribution >= 0.6 is 11.8 Å². The van der Waals surface area contributed by atoms with Gasteiger partial charge in [-0.1, -0.05) is 19.9 Å². The first-order valence-electron chi connectivity index (χ1n) is 5.86. The topological polar surface area (TPSA) is 49.3 Å². The van der Waals surface area contributed by atoms with Gasteiger partial charge < -0.3 is 10.4 Å². The van der Waals surface area contributed by atoms with Crippen LogP contribution in [0.1, 0.15) is 20.3 Å². The Morgan fingerprint density at radius 1 is 1.50 bits per heavy atom. The van der Waals surface area contributed by atoms with Crippen LogP contribution in [0, 0.1) is 5.82 Å². The van der Waals surface area contributed by atoms with Crippen LogP contribution < -0.4 is 5.32 Å². The molecular formula is C13H18FNO2S. The Bertz CT molecular complexity index is 398. The second-order valence-corrected chi connectivity index (χ2v) is 5.48. The zero-order valence-corrected chi connectivity index (χ0v) is 11.3. The minimum atomic E-state index is -0.844. The number of hydrogen-bond acceptors (Lipinski definition) is 3. The van der Waals surface area contributed by atoms with E-state index in [1.807, 2.05) is 19.9 Å². The quantitative estimate of drug-likeness (QED) is 0.749. The van der Waals surface area contributed by atoms with Crippen molar-refractivity contribution in [2.75, 3.05) is 5.75 Å². The summed E-state index contributed by atoms with van der Waals surface area (Å²) in [5, 5.41) is 12.0. The first-order chi connectivity index (χ1) is 8.49. The molecule has 2 N–H and O–H groups in total. The zero-order valence-electron chi connectivity index (χ0n) is 10.5. The lowest BCUT2D eigenvalue weighted by Crippen LogP contribution is -2.41. The highest BCUT2D eigenvalue weighted by atomic mass is 32.2. The minimum absolute atomic E-state index is 0.130. The van der Waals surface area contributed by atoms with E-state index in [1.54, 1.807) is 6.07 Å². The summed E-state index contributed by atoms with van der Waals surface area (Å²) < 4.78 is 12.9. The van der Waals surface area contributed by atoms with Crippen LogP contribution in [0.5, 0.6) is 0 Å². The van der Waals surface area contributed by atoms with E-state index >= 15 is 0 Å². The van der Waals surface area contributed by atoms with Gasteiger partial charge in [-0.25, -0.2) is 4.39 Å². The Kier molecular flexibility index (Phi) is 6.15. The third-order valence-electron chi connectivity index (χ3n) is 2.30. The number of aliphatic carboxylic acids is 1. The summed E-state index contributed by atoms with van der Waals surface area (Å²) in [6.45, 7) is 3.82. The summed E-state index contributed by atoms with van der Waals surface area (Å²) >= 11 is 1.46. The smallest absolute Gasteiger partial charge is 0.320 e. The maximum absolute atomic E-state index is 12.9. The molecule has 5 heteroatoms. The maximum atomic E-state index is 12.9. The summed E-state index contributed by atoms with van der Waals surface area (Å²) in [4.78, 5) is 11.8. The van der Waals surface area contributed by atoms with E-state index < -0.39 is 12.0 Å². The van der Waals surface area contributed by atoms with Crippen LogP contribution in [0.3, 0.4) is 0 Å². The van der Waals surface area contributed by atoms with Crippen molar-refractivity contribution in [1.82, 2.24) is 5.32 Å². The van der Waals surface area contributed by atoms with Gasteiger partial charge in [0.15, 0.2) is 0 Å². The number of carboxylic acids is 1. The van der Waals surface area contributed by atoms with Crippen LogP contribution in [-0.2, 0) is 4.79 Å². The van der Waals surface area contributed by atoms with Gasteiger partial charge in [0, 0.05) is 16.7 Å². The monoisotopic (exact) mass is 271 g/mol. The lowest BCUT2D eigenvalue weighted by Gasteiger charge is -2.16. The molecule has 1 rings (SSSR count). The molecule has 0 amide bonds. The van der Waals surface area contributed by atoms with Gasteiger partial charge in [-0.2, -0.15) is 0 Å². The first kappa shape index (κ1) is 15.0. The lowest BCUT2D eigenvalue weighted by molar-refractivity contribution is -0.139. The van der Waals surface area contributed by atoms with E-state index in [1.165, 1.54) is 23.9 Å². The predicted octanol–water partition coefficient (Wildman–Crippen LogP) is 2.76. The van der Waals surface area contributed by atoms with Gasteiger partial charge in [-0.15, -0.1) is 11.8 Å². The van der Waals surface area contributed by atoms with Gasteiger partial charge in [-0.3, -0.25) is 4.79 Å². The number of carboxylic acid groups (broad SMARTS) is 1. The van der Waals surface area contributed by atoms with E-state index in [0.717, 1.165) is 4.90 Å². The Morgan fingerprint density at radius 3 is 2.78 bits per heavy atom. The van der Waals surface area contributed by atoms with Crippen molar-refractivity contribution in [2.24, 2.45) is 0 Å². The summed E-state index contributed by atoms with van der Waals surface area (Å²) in [5.41, 5.74) is 0. The van der Waals surface area contributed by atoms with E-state index in [9.17, 15) is 9.18 Å². The molecule has 0 aliphatic heterocycles. The van der Waals surface area contributed by atoms with Gasteiger partial charge in [0.1, 0.15) is 11.9 Å². The lowest BCUT2D eigenvalue weighted by atomic mass is 10.2. The predicted molar refractivity (Wildman–Crippen MR) is 71.4 cm³/mol. The summed E-state index contributed by atoms with van der Waals surface area (Å²) in [7, 11) is 0. The Hall–Kier alpha value is -1.07. The molecule has 1 aromatic rings. The fraction of sp³-hybridized carbons (Fsp3) is 0.462. The largest absolute Gasteiger partial charge is 0.480 e. The van der Waals surface area contributed by atoms with Crippen molar-refractivity contribution >= 4 is 17.7 Å². The fourth-order valence-electron chi connectivity index (χ4n) is 1.53. The van der Waals surface area contributed by atoms with Crippen molar-refractivity contribution in [3.63, 3.8) is 0 Å². The highest BCUT2D eigenvalue weighted by Gasteiger charge is 2.17. The summed E-state index contributed by atoms with van der Waals surface area (Å²) in [6, 6.07) is 5.90. The fourth-order valence-corrected chi connectivity index (χ4v) is 2.49. The molecule has 1 unspecified atom stereocenters. The number of nitrogens with one attached hydrogen (secondary N) is 1. The molecule has 1 aromatic carbocycles. The van der Waals surface area contributed by atoms with E-state index in [4.69, 9.17) is 5.11 Å². The molecule has 3 nitrogen and oxygen atoms in total. The van der Waals surface area contributed by atoms with Gasteiger partial charge in [0.05, 0.1) is 0 Å². The molecule has 0 radical (unpaired) electrons. The Balaban J connectivity index is 2.41. The van der Waals surface area contributed by atoms with Crippen molar-refractivity contribution in [2.45, 2.75) is 37.2 Å². The normalized spacial score (nSPS) is 12.7.